The number of aromatic nitrogens is 3. The van der Waals surface area contributed by atoms with Gasteiger partial charge in [-0.2, -0.15) is 4.98 Å². The van der Waals surface area contributed by atoms with Crippen LogP contribution in [0.25, 0.3) is 0 Å². The molecule has 0 aliphatic rings. The molecule has 0 aliphatic carbocycles. The molecule has 0 spiro atoms. The molecule has 1 aromatic heterocycles. The lowest BCUT2D eigenvalue weighted by molar-refractivity contribution is 0.287. The summed E-state index contributed by atoms with van der Waals surface area (Å²) in [5.74, 6) is 0.669. The third-order valence-corrected chi connectivity index (χ3v) is 1.64. The maximum atomic E-state index is 5.30. The van der Waals surface area contributed by atoms with Crippen LogP contribution in [0.2, 0.25) is 0 Å². The Hall–Kier alpha value is -1.10. The van der Waals surface area contributed by atoms with E-state index in [1.54, 1.807) is 11.0 Å². The second kappa shape index (κ2) is 5.59. The lowest BCUT2D eigenvalue weighted by Gasteiger charge is -2.06. The van der Waals surface area contributed by atoms with Gasteiger partial charge < -0.3 is 10.1 Å². The summed E-state index contributed by atoms with van der Waals surface area (Å²) >= 11 is 0. The van der Waals surface area contributed by atoms with Crippen molar-refractivity contribution in [1.29, 1.82) is 0 Å². The van der Waals surface area contributed by atoms with Crippen molar-refractivity contribution in [2.75, 3.05) is 19.7 Å². The number of ether oxygens (including phenoxy) is 1. The maximum absolute atomic E-state index is 5.30. The van der Waals surface area contributed by atoms with Gasteiger partial charge in [-0.1, -0.05) is 13.8 Å². The first kappa shape index (κ1) is 11.0. The van der Waals surface area contributed by atoms with E-state index >= 15 is 0 Å². The van der Waals surface area contributed by atoms with Crippen molar-refractivity contribution < 1.29 is 4.74 Å². The Morgan fingerprint density at radius 1 is 1.57 bits per heavy atom. The zero-order valence-corrected chi connectivity index (χ0v) is 9.03. The molecule has 1 heterocycles. The zero-order chi connectivity index (χ0) is 10.4. The highest BCUT2D eigenvalue weighted by molar-refractivity contribution is 4.86. The van der Waals surface area contributed by atoms with Crippen molar-refractivity contribution in [3.8, 4) is 6.01 Å². The van der Waals surface area contributed by atoms with Crippen LogP contribution in [0.15, 0.2) is 6.33 Å². The van der Waals surface area contributed by atoms with E-state index in [4.69, 9.17) is 4.74 Å². The van der Waals surface area contributed by atoms with E-state index in [0.29, 0.717) is 18.5 Å². The first-order valence-electron chi connectivity index (χ1n) is 4.87. The Balaban J connectivity index is 2.04. The molecule has 0 aromatic carbocycles. The number of aryl methyl sites for hydroxylation is 1. The van der Waals surface area contributed by atoms with Gasteiger partial charge in [-0.25, -0.2) is 0 Å². The Bertz CT molecular complexity index is 259. The topological polar surface area (TPSA) is 52.0 Å². The highest BCUT2D eigenvalue weighted by Crippen LogP contribution is 1.96. The summed E-state index contributed by atoms with van der Waals surface area (Å²) in [7, 11) is 1.82. The standard InChI is InChI=1S/C9H18N4O/c1-8(2)6-10-4-5-14-9-11-7-13(3)12-9/h7-8,10H,4-6H2,1-3H3. The van der Waals surface area contributed by atoms with Crippen molar-refractivity contribution in [3.05, 3.63) is 6.33 Å². The van der Waals surface area contributed by atoms with Gasteiger partial charge in [0.2, 0.25) is 0 Å². The molecule has 0 radical (unpaired) electrons. The van der Waals surface area contributed by atoms with Crippen molar-refractivity contribution in [2.45, 2.75) is 13.8 Å². The molecule has 0 bridgehead atoms. The summed E-state index contributed by atoms with van der Waals surface area (Å²) in [6.45, 7) is 6.80. The largest absolute Gasteiger partial charge is 0.461 e. The molecule has 0 unspecified atom stereocenters. The van der Waals surface area contributed by atoms with Gasteiger partial charge >= 0.3 is 6.01 Å². The minimum Gasteiger partial charge on any atom is -0.461 e. The summed E-state index contributed by atoms with van der Waals surface area (Å²) in [6, 6.07) is 0.443. The third-order valence-electron chi connectivity index (χ3n) is 1.64. The van der Waals surface area contributed by atoms with E-state index < -0.39 is 0 Å². The molecule has 0 amide bonds. The fourth-order valence-corrected chi connectivity index (χ4v) is 0.991. The van der Waals surface area contributed by atoms with Crippen LogP contribution in [-0.4, -0.2) is 34.5 Å². The van der Waals surface area contributed by atoms with Crippen molar-refractivity contribution in [2.24, 2.45) is 13.0 Å². The second-order valence-corrected chi connectivity index (χ2v) is 3.65. The number of hydrogen-bond acceptors (Lipinski definition) is 4. The molecule has 5 nitrogen and oxygen atoms in total. The van der Waals surface area contributed by atoms with Crippen molar-refractivity contribution in [3.63, 3.8) is 0 Å². The molecule has 1 aromatic rings. The Kier molecular flexibility index (Phi) is 4.39. The van der Waals surface area contributed by atoms with E-state index in [0.717, 1.165) is 13.1 Å². The molecule has 0 saturated carbocycles. The van der Waals surface area contributed by atoms with E-state index in [2.05, 4.69) is 29.2 Å². The summed E-state index contributed by atoms with van der Waals surface area (Å²) in [6.07, 6.45) is 1.62. The van der Waals surface area contributed by atoms with Crippen LogP contribution in [0.5, 0.6) is 6.01 Å². The third kappa shape index (κ3) is 4.23. The molecular weight excluding hydrogens is 180 g/mol. The first-order valence-corrected chi connectivity index (χ1v) is 4.87. The minimum absolute atomic E-state index is 0.443. The van der Waals surface area contributed by atoms with E-state index in [1.165, 1.54) is 0 Å². The van der Waals surface area contributed by atoms with Gasteiger partial charge in [0, 0.05) is 13.6 Å². The zero-order valence-electron chi connectivity index (χ0n) is 9.03. The number of nitrogens with one attached hydrogen (secondary N) is 1. The van der Waals surface area contributed by atoms with Crippen LogP contribution in [0, 0.1) is 5.92 Å². The second-order valence-electron chi connectivity index (χ2n) is 3.65. The van der Waals surface area contributed by atoms with Gasteiger partial charge in [-0.3, -0.25) is 4.68 Å². The quantitative estimate of drug-likeness (QED) is 0.674. The highest BCUT2D eigenvalue weighted by Gasteiger charge is 1.98. The number of nitrogens with zero attached hydrogens (tertiary/aromatic N) is 3. The average molecular weight is 198 g/mol. The van der Waals surface area contributed by atoms with Gasteiger partial charge in [0.25, 0.3) is 0 Å². The molecule has 5 heteroatoms. The van der Waals surface area contributed by atoms with E-state index in [1.807, 2.05) is 7.05 Å². The molecule has 14 heavy (non-hydrogen) atoms. The van der Waals surface area contributed by atoms with Crippen LogP contribution in [0.4, 0.5) is 0 Å². The van der Waals surface area contributed by atoms with Crippen LogP contribution in [0.1, 0.15) is 13.8 Å². The van der Waals surface area contributed by atoms with Crippen molar-refractivity contribution >= 4 is 0 Å². The van der Waals surface area contributed by atoms with Crippen LogP contribution in [-0.2, 0) is 7.05 Å². The predicted octanol–water partition coefficient (Wildman–Crippen LogP) is 0.439. The molecule has 80 valence electrons. The molecule has 0 aliphatic heterocycles. The molecule has 0 atom stereocenters. The van der Waals surface area contributed by atoms with Crippen LogP contribution in [0.3, 0.4) is 0 Å². The Morgan fingerprint density at radius 3 is 2.93 bits per heavy atom. The summed E-state index contributed by atoms with van der Waals surface area (Å²) in [5.41, 5.74) is 0. The predicted molar refractivity (Wildman–Crippen MR) is 54.2 cm³/mol. The lowest BCUT2D eigenvalue weighted by atomic mass is 10.2. The molecule has 1 N–H and O–H groups in total. The fourth-order valence-electron chi connectivity index (χ4n) is 0.991. The smallest absolute Gasteiger partial charge is 0.335 e. The van der Waals surface area contributed by atoms with Gasteiger partial charge in [-0.15, -0.1) is 5.10 Å². The Morgan fingerprint density at radius 2 is 2.36 bits per heavy atom. The van der Waals surface area contributed by atoms with Gasteiger partial charge in [0.1, 0.15) is 12.9 Å². The van der Waals surface area contributed by atoms with Gasteiger partial charge in [-0.05, 0) is 12.5 Å². The molecule has 0 saturated heterocycles. The SMILES string of the molecule is CC(C)CNCCOc1ncn(C)n1. The summed E-state index contributed by atoms with van der Waals surface area (Å²) < 4.78 is 6.92. The Labute approximate surface area is 84.5 Å². The maximum Gasteiger partial charge on any atom is 0.335 e. The normalized spacial score (nSPS) is 10.9. The average Bonchev–Trinajstić information content (AvgIpc) is 2.50. The van der Waals surface area contributed by atoms with Crippen molar-refractivity contribution in [1.82, 2.24) is 20.1 Å². The minimum atomic E-state index is 0.443. The monoisotopic (exact) mass is 198 g/mol. The summed E-state index contributed by atoms with van der Waals surface area (Å²) in [4.78, 5) is 3.95. The van der Waals surface area contributed by atoms with Gasteiger partial charge in [0.05, 0.1) is 0 Å². The van der Waals surface area contributed by atoms with Gasteiger partial charge in [0.15, 0.2) is 0 Å². The number of rotatable bonds is 6. The number of hydrogen-bond donors (Lipinski definition) is 1. The van der Waals surface area contributed by atoms with E-state index in [9.17, 15) is 0 Å². The van der Waals surface area contributed by atoms with Crippen LogP contribution >= 0.6 is 0 Å². The molecule has 1 rings (SSSR count). The first-order chi connectivity index (χ1) is 6.68. The summed E-state index contributed by atoms with van der Waals surface area (Å²) in [5, 5.41) is 7.27. The fraction of sp³-hybridized carbons (Fsp3) is 0.778. The van der Waals surface area contributed by atoms with E-state index in [-0.39, 0.29) is 0 Å². The highest BCUT2D eigenvalue weighted by atomic mass is 16.5. The van der Waals surface area contributed by atoms with Crippen LogP contribution < -0.4 is 10.1 Å². The lowest BCUT2D eigenvalue weighted by Crippen LogP contribution is -2.25. The molecular formula is C9H18N4O. The molecule has 0 fully saturated rings.